The van der Waals surface area contributed by atoms with Gasteiger partial charge in [-0.1, -0.05) is 0 Å². The Morgan fingerprint density at radius 1 is 1.18 bits per heavy atom. The van der Waals surface area contributed by atoms with Crippen LogP contribution in [0.15, 0.2) is 0 Å². The van der Waals surface area contributed by atoms with Gasteiger partial charge in [-0.3, -0.25) is 0 Å². The number of rotatable bonds is 1. The van der Waals surface area contributed by atoms with Gasteiger partial charge in [0.1, 0.15) is 18.3 Å². The highest BCUT2D eigenvalue weighted by Crippen LogP contribution is 2.39. The van der Waals surface area contributed by atoms with Crippen LogP contribution in [0.5, 0.6) is 0 Å². The molecule has 17 heavy (non-hydrogen) atoms. The topological polar surface area (TPSA) is 80.2 Å². The molecule has 6 nitrogen and oxygen atoms in total. The normalized spacial score (nSPS) is 52.9. The van der Waals surface area contributed by atoms with Gasteiger partial charge in [-0.05, 0) is 26.8 Å². The van der Waals surface area contributed by atoms with Crippen LogP contribution >= 0.6 is 0 Å². The van der Waals surface area contributed by atoms with E-state index in [4.69, 9.17) is 14.2 Å². The van der Waals surface area contributed by atoms with Crippen molar-refractivity contribution in [2.75, 3.05) is 6.54 Å². The van der Waals surface area contributed by atoms with Crippen LogP contribution in [0, 0.1) is 0 Å². The van der Waals surface area contributed by atoms with Crippen LogP contribution in [0.1, 0.15) is 20.3 Å². The molecule has 3 heterocycles. The molecule has 3 N–H and O–H groups in total. The van der Waals surface area contributed by atoms with Crippen molar-refractivity contribution in [1.82, 2.24) is 5.32 Å². The molecule has 6 atom stereocenters. The van der Waals surface area contributed by atoms with Crippen LogP contribution < -0.4 is 5.32 Å². The van der Waals surface area contributed by atoms with Gasteiger partial charge in [-0.2, -0.15) is 0 Å². The van der Waals surface area contributed by atoms with Crippen LogP contribution in [-0.4, -0.2) is 59.3 Å². The molecule has 3 aliphatic rings. The Hall–Kier alpha value is -0.240. The molecule has 0 aliphatic carbocycles. The first-order valence-electron chi connectivity index (χ1n) is 6.08. The first kappa shape index (κ1) is 11.8. The lowest BCUT2D eigenvalue weighted by Crippen LogP contribution is -2.49. The maximum absolute atomic E-state index is 10.2. The summed E-state index contributed by atoms with van der Waals surface area (Å²) in [5.74, 6) is -0.719. The molecular formula is C11H19NO5. The summed E-state index contributed by atoms with van der Waals surface area (Å²) in [5.41, 5.74) is 0. The third-order valence-electron chi connectivity index (χ3n) is 3.64. The molecular weight excluding hydrogens is 226 g/mol. The molecule has 3 aliphatic heterocycles. The third-order valence-corrected chi connectivity index (χ3v) is 3.64. The highest BCUT2D eigenvalue weighted by molar-refractivity contribution is 5.01. The SMILES string of the molecule is CC1(C)O[C@H]2O[C@H]([C@@H]3NCC[C@@H]3O)C(O)[C@H]2O1. The fourth-order valence-corrected chi connectivity index (χ4v) is 2.86. The molecule has 3 rings (SSSR count). The van der Waals surface area contributed by atoms with E-state index in [0.29, 0.717) is 6.42 Å². The fourth-order valence-electron chi connectivity index (χ4n) is 2.86. The van der Waals surface area contributed by atoms with Gasteiger partial charge in [0.25, 0.3) is 0 Å². The highest BCUT2D eigenvalue weighted by Gasteiger charge is 2.57. The van der Waals surface area contributed by atoms with Gasteiger partial charge in [0, 0.05) is 0 Å². The molecule has 98 valence electrons. The summed E-state index contributed by atoms with van der Waals surface area (Å²) in [6.07, 6.45) is -2.06. The number of hydrogen-bond donors (Lipinski definition) is 3. The Balaban J connectivity index is 1.72. The lowest BCUT2D eigenvalue weighted by Gasteiger charge is -2.27. The smallest absolute Gasteiger partial charge is 0.190 e. The second kappa shape index (κ2) is 3.88. The van der Waals surface area contributed by atoms with Crippen molar-refractivity contribution in [3.8, 4) is 0 Å². The van der Waals surface area contributed by atoms with Crippen LogP contribution in [0.4, 0.5) is 0 Å². The number of aliphatic hydroxyl groups is 2. The van der Waals surface area contributed by atoms with E-state index in [-0.39, 0.29) is 6.04 Å². The van der Waals surface area contributed by atoms with Gasteiger partial charge in [0.2, 0.25) is 0 Å². The fraction of sp³-hybridized carbons (Fsp3) is 1.00. The Kier molecular flexibility index (Phi) is 2.70. The van der Waals surface area contributed by atoms with Crippen molar-refractivity contribution in [3.05, 3.63) is 0 Å². The number of ether oxygens (including phenoxy) is 3. The lowest BCUT2D eigenvalue weighted by molar-refractivity contribution is -0.219. The van der Waals surface area contributed by atoms with Gasteiger partial charge in [0.15, 0.2) is 12.1 Å². The van der Waals surface area contributed by atoms with E-state index >= 15 is 0 Å². The number of aliphatic hydroxyl groups excluding tert-OH is 2. The highest BCUT2D eigenvalue weighted by atomic mass is 16.8. The number of hydrogen-bond acceptors (Lipinski definition) is 6. The first-order valence-corrected chi connectivity index (χ1v) is 6.08. The molecule has 1 unspecified atom stereocenters. The molecule has 0 saturated carbocycles. The Morgan fingerprint density at radius 3 is 2.53 bits per heavy atom. The summed E-state index contributed by atoms with van der Waals surface area (Å²) in [4.78, 5) is 0. The first-order chi connectivity index (χ1) is 7.98. The maximum Gasteiger partial charge on any atom is 0.190 e. The van der Waals surface area contributed by atoms with Crippen LogP contribution in [0.25, 0.3) is 0 Å². The van der Waals surface area contributed by atoms with Crippen molar-refractivity contribution in [2.24, 2.45) is 0 Å². The minimum Gasteiger partial charge on any atom is -0.391 e. The average Bonchev–Trinajstić information content (AvgIpc) is 2.83. The summed E-state index contributed by atoms with van der Waals surface area (Å²) in [5, 5.41) is 23.1. The van der Waals surface area contributed by atoms with Crippen molar-refractivity contribution in [2.45, 2.75) is 62.8 Å². The zero-order valence-electron chi connectivity index (χ0n) is 10.00. The van der Waals surface area contributed by atoms with Crippen molar-refractivity contribution < 1.29 is 24.4 Å². The molecule has 0 amide bonds. The quantitative estimate of drug-likeness (QED) is 0.547. The second-order valence-corrected chi connectivity index (χ2v) is 5.40. The summed E-state index contributed by atoms with van der Waals surface area (Å²) in [7, 11) is 0. The van der Waals surface area contributed by atoms with E-state index in [1.807, 2.05) is 0 Å². The van der Waals surface area contributed by atoms with E-state index in [2.05, 4.69) is 5.32 Å². The molecule has 0 aromatic heterocycles. The van der Waals surface area contributed by atoms with Gasteiger partial charge >= 0.3 is 0 Å². The van der Waals surface area contributed by atoms with E-state index in [1.54, 1.807) is 13.8 Å². The second-order valence-electron chi connectivity index (χ2n) is 5.40. The summed E-state index contributed by atoms with van der Waals surface area (Å²) >= 11 is 0. The largest absolute Gasteiger partial charge is 0.391 e. The van der Waals surface area contributed by atoms with E-state index < -0.39 is 36.5 Å². The molecule has 6 heteroatoms. The van der Waals surface area contributed by atoms with Crippen molar-refractivity contribution in [1.29, 1.82) is 0 Å². The number of fused-ring (bicyclic) bond motifs is 1. The van der Waals surface area contributed by atoms with Crippen LogP contribution in [0.2, 0.25) is 0 Å². The van der Waals surface area contributed by atoms with Crippen molar-refractivity contribution in [3.63, 3.8) is 0 Å². The predicted molar refractivity (Wildman–Crippen MR) is 57.1 cm³/mol. The molecule has 0 spiro atoms. The Morgan fingerprint density at radius 2 is 1.94 bits per heavy atom. The standard InChI is InChI=1S/C11H19NO5/c1-11(2)16-9-7(14)8(15-10(9)17-11)6-5(13)3-4-12-6/h5-10,12-14H,3-4H2,1-2H3/t5-,6+,7?,8+,9+,10+/m0/s1. The average molecular weight is 245 g/mol. The zero-order chi connectivity index (χ0) is 12.2. The molecule has 3 saturated heterocycles. The van der Waals surface area contributed by atoms with E-state index in [0.717, 1.165) is 6.54 Å². The Labute approximate surface area is 99.9 Å². The minimum atomic E-state index is -0.771. The molecule has 0 bridgehead atoms. The number of nitrogens with one attached hydrogen (secondary N) is 1. The molecule has 0 aromatic rings. The molecule has 0 aromatic carbocycles. The van der Waals surface area contributed by atoms with Crippen LogP contribution in [0.3, 0.4) is 0 Å². The molecule has 0 radical (unpaired) electrons. The van der Waals surface area contributed by atoms with Gasteiger partial charge in [-0.25, -0.2) is 0 Å². The minimum absolute atomic E-state index is 0.245. The lowest BCUT2D eigenvalue weighted by atomic mass is 10.0. The molecule has 3 fully saturated rings. The summed E-state index contributed by atoms with van der Waals surface area (Å²) < 4.78 is 16.8. The van der Waals surface area contributed by atoms with E-state index in [9.17, 15) is 10.2 Å². The summed E-state index contributed by atoms with van der Waals surface area (Å²) in [6.45, 7) is 4.32. The van der Waals surface area contributed by atoms with E-state index in [1.165, 1.54) is 0 Å². The van der Waals surface area contributed by atoms with Crippen LogP contribution in [-0.2, 0) is 14.2 Å². The van der Waals surface area contributed by atoms with Gasteiger partial charge in [-0.15, -0.1) is 0 Å². The van der Waals surface area contributed by atoms with Crippen molar-refractivity contribution >= 4 is 0 Å². The van der Waals surface area contributed by atoms with Gasteiger partial charge in [0.05, 0.1) is 12.1 Å². The zero-order valence-corrected chi connectivity index (χ0v) is 10.00. The maximum atomic E-state index is 10.2. The Bertz CT molecular complexity index is 310. The monoisotopic (exact) mass is 245 g/mol. The van der Waals surface area contributed by atoms with Gasteiger partial charge < -0.3 is 29.7 Å². The predicted octanol–water partition coefficient (Wildman–Crippen LogP) is -1.05. The third kappa shape index (κ3) is 1.89. The summed E-state index contributed by atoms with van der Waals surface area (Å²) in [6, 6.07) is -0.245.